The average Bonchev–Trinajstić information content (AvgIpc) is 2.64. The minimum absolute atomic E-state index is 0.0257. The van der Waals surface area contributed by atoms with E-state index in [1.807, 2.05) is 6.07 Å². The first-order chi connectivity index (χ1) is 12.0. The normalized spacial score (nSPS) is 11.0. The van der Waals surface area contributed by atoms with Gasteiger partial charge in [0.05, 0.1) is 20.8 Å². The zero-order valence-corrected chi connectivity index (χ0v) is 13.9. The third-order valence-corrected chi connectivity index (χ3v) is 2.98. The lowest BCUT2D eigenvalue weighted by Gasteiger charge is -2.16. The van der Waals surface area contributed by atoms with E-state index in [1.165, 1.54) is 0 Å². The molecule has 0 aliphatic heterocycles. The molecule has 0 radical (unpaired) electrons. The monoisotopic (exact) mass is 353 g/mol. The molecule has 9 heteroatoms. The topological polar surface area (TPSA) is 117 Å². The number of ether oxygens (including phenoxy) is 4. The van der Waals surface area contributed by atoms with Gasteiger partial charge in [-0.25, -0.2) is 19.2 Å². The Morgan fingerprint density at radius 2 is 1.64 bits per heavy atom. The van der Waals surface area contributed by atoms with Gasteiger partial charge in [-0.1, -0.05) is 30.3 Å². The number of amides is 1. The van der Waals surface area contributed by atoms with Gasteiger partial charge in [0.2, 0.25) is 0 Å². The molecule has 1 atom stereocenters. The summed E-state index contributed by atoms with van der Waals surface area (Å²) in [6.45, 7) is -0.273. The molecule has 0 bridgehead atoms. The Morgan fingerprint density at radius 1 is 0.960 bits per heavy atom. The minimum atomic E-state index is -1.20. The first-order valence-electron chi connectivity index (χ1n) is 7.28. The summed E-state index contributed by atoms with van der Waals surface area (Å²) in [5, 5.41) is 2.31. The molecule has 136 valence electrons. The fourth-order valence-electron chi connectivity index (χ4n) is 1.71. The van der Waals surface area contributed by atoms with Crippen molar-refractivity contribution in [2.24, 2.45) is 0 Å². The maximum Gasteiger partial charge on any atom is 0.417 e. The summed E-state index contributed by atoms with van der Waals surface area (Å²) in [4.78, 5) is 45.5. The van der Waals surface area contributed by atoms with Gasteiger partial charge in [-0.3, -0.25) is 0 Å². The van der Waals surface area contributed by atoms with Gasteiger partial charge in [0.25, 0.3) is 0 Å². The molecule has 1 rings (SSSR count). The van der Waals surface area contributed by atoms with Crippen LogP contribution in [0.5, 0.6) is 0 Å². The van der Waals surface area contributed by atoms with Crippen LogP contribution in [0.25, 0.3) is 0 Å². The second-order valence-corrected chi connectivity index (χ2v) is 4.70. The lowest BCUT2D eigenvalue weighted by molar-refractivity contribution is -0.166. The zero-order valence-electron chi connectivity index (χ0n) is 13.9. The molecule has 0 aromatic heterocycles. The van der Waals surface area contributed by atoms with Crippen molar-refractivity contribution in [3.05, 3.63) is 35.9 Å². The number of methoxy groups -OCH3 is 2. The number of carbonyl (C=O) groups is 4. The van der Waals surface area contributed by atoms with Gasteiger partial charge in [0.15, 0.2) is 0 Å². The van der Waals surface area contributed by atoms with Crippen LogP contribution in [0.1, 0.15) is 12.0 Å². The Hall–Kier alpha value is -3.10. The van der Waals surface area contributed by atoms with E-state index in [9.17, 15) is 19.2 Å². The van der Waals surface area contributed by atoms with Gasteiger partial charge in [-0.15, -0.1) is 0 Å². The van der Waals surface area contributed by atoms with Gasteiger partial charge in [0.1, 0.15) is 12.6 Å². The van der Waals surface area contributed by atoms with Crippen molar-refractivity contribution in [1.29, 1.82) is 0 Å². The van der Waals surface area contributed by atoms with E-state index < -0.39 is 30.0 Å². The molecule has 1 N–H and O–H groups in total. The molecule has 1 unspecified atom stereocenters. The second kappa shape index (κ2) is 10.6. The minimum Gasteiger partial charge on any atom is -0.467 e. The fraction of sp³-hybridized carbons (Fsp3) is 0.375. The van der Waals surface area contributed by atoms with Crippen LogP contribution >= 0.6 is 0 Å². The van der Waals surface area contributed by atoms with Crippen molar-refractivity contribution in [2.45, 2.75) is 19.1 Å². The van der Waals surface area contributed by atoms with E-state index in [0.717, 1.165) is 19.8 Å². The van der Waals surface area contributed by atoms with E-state index >= 15 is 0 Å². The lowest BCUT2D eigenvalue weighted by Crippen LogP contribution is -2.42. The third kappa shape index (κ3) is 7.34. The van der Waals surface area contributed by atoms with Crippen molar-refractivity contribution in [2.75, 3.05) is 20.8 Å². The average molecular weight is 353 g/mol. The van der Waals surface area contributed by atoms with Crippen molar-refractivity contribution in [3.63, 3.8) is 0 Å². The first-order valence-corrected chi connectivity index (χ1v) is 7.28. The van der Waals surface area contributed by atoms with E-state index in [4.69, 9.17) is 4.74 Å². The molecule has 0 aliphatic rings. The van der Waals surface area contributed by atoms with Crippen LogP contribution < -0.4 is 5.32 Å². The van der Waals surface area contributed by atoms with Crippen molar-refractivity contribution in [1.82, 2.24) is 5.32 Å². The predicted octanol–water partition coefficient (Wildman–Crippen LogP) is 0.561. The molecule has 0 fully saturated rings. The molecule has 0 saturated heterocycles. The van der Waals surface area contributed by atoms with Crippen LogP contribution in [0.2, 0.25) is 0 Å². The highest BCUT2D eigenvalue weighted by Crippen LogP contribution is 2.02. The largest absolute Gasteiger partial charge is 0.467 e. The number of carbonyl (C=O) groups excluding carboxylic acids is 4. The van der Waals surface area contributed by atoms with Gasteiger partial charge >= 0.3 is 24.0 Å². The summed E-state index contributed by atoms with van der Waals surface area (Å²) in [6.07, 6.45) is -0.936. The van der Waals surface area contributed by atoms with E-state index in [2.05, 4.69) is 19.5 Å². The molecule has 0 aliphatic carbocycles. The number of rotatable bonds is 7. The Labute approximate surface area is 144 Å². The van der Waals surface area contributed by atoms with Crippen LogP contribution in [-0.2, 0) is 39.9 Å². The SMILES string of the molecule is COC(=O)C(=O)OCCC(NC(=O)OCc1ccccc1)C(=O)OC. The number of hydrogen-bond donors (Lipinski definition) is 1. The number of benzene rings is 1. The second-order valence-electron chi connectivity index (χ2n) is 4.70. The standard InChI is InChI=1S/C16H19NO8/c1-22-13(18)12(8-9-24-15(20)14(19)23-2)17-16(21)25-10-11-6-4-3-5-7-11/h3-7,12H,8-10H2,1-2H3,(H,17,21). The van der Waals surface area contributed by atoms with Crippen LogP contribution in [0.4, 0.5) is 4.79 Å². The Kier molecular flexibility index (Phi) is 8.48. The summed E-state index contributed by atoms with van der Waals surface area (Å²) in [5.74, 6) is -3.10. The first kappa shape index (κ1) is 19.9. The van der Waals surface area contributed by atoms with E-state index in [-0.39, 0.29) is 19.6 Å². The molecule has 0 saturated carbocycles. The third-order valence-electron chi connectivity index (χ3n) is 2.98. The van der Waals surface area contributed by atoms with Gasteiger partial charge in [0, 0.05) is 6.42 Å². The quantitative estimate of drug-likeness (QED) is 0.429. The van der Waals surface area contributed by atoms with E-state index in [0.29, 0.717) is 0 Å². The highest BCUT2D eigenvalue weighted by molar-refractivity contribution is 6.29. The number of nitrogens with one attached hydrogen (secondary N) is 1. The summed E-state index contributed by atoms with van der Waals surface area (Å²) in [7, 11) is 2.18. The molecular weight excluding hydrogens is 334 g/mol. The summed E-state index contributed by atoms with van der Waals surface area (Å²) >= 11 is 0. The Balaban J connectivity index is 2.46. The molecular formula is C16H19NO8. The number of alkyl carbamates (subject to hydrolysis) is 1. The molecule has 1 amide bonds. The molecule has 1 aromatic carbocycles. The lowest BCUT2D eigenvalue weighted by atomic mass is 10.2. The zero-order chi connectivity index (χ0) is 18.7. The Bertz CT molecular complexity index is 601. The van der Waals surface area contributed by atoms with Crippen LogP contribution in [0.15, 0.2) is 30.3 Å². The smallest absolute Gasteiger partial charge is 0.417 e. The maximum atomic E-state index is 11.8. The van der Waals surface area contributed by atoms with Crippen molar-refractivity contribution >= 4 is 24.0 Å². The van der Waals surface area contributed by atoms with Gasteiger partial charge < -0.3 is 24.3 Å². The van der Waals surface area contributed by atoms with Crippen LogP contribution in [0, 0.1) is 0 Å². The molecule has 9 nitrogen and oxygen atoms in total. The maximum absolute atomic E-state index is 11.8. The van der Waals surface area contributed by atoms with Gasteiger partial charge in [-0.2, -0.15) is 0 Å². The summed E-state index contributed by atoms with van der Waals surface area (Å²) < 4.78 is 18.4. The number of esters is 3. The highest BCUT2D eigenvalue weighted by atomic mass is 16.6. The predicted molar refractivity (Wildman–Crippen MR) is 83.2 cm³/mol. The Morgan fingerprint density at radius 3 is 2.24 bits per heavy atom. The molecule has 1 aromatic rings. The van der Waals surface area contributed by atoms with Crippen molar-refractivity contribution in [3.8, 4) is 0 Å². The fourth-order valence-corrected chi connectivity index (χ4v) is 1.71. The number of hydrogen-bond acceptors (Lipinski definition) is 8. The summed E-state index contributed by atoms with van der Waals surface area (Å²) in [5.41, 5.74) is 0.777. The van der Waals surface area contributed by atoms with Crippen LogP contribution in [0.3, 0.4) is 0 Å². The highest BCUT2D eigenvalue weighted by Gasteiger charge is 2.24. The van der Waals surface area contributed by atoms with Crippen molar-refractivity contribution < 1.29 is 38.1 Å². The van der Waals surface area contributed by atoms with E-state index in [1.54, 1.807) is 24.3 Å². The van der Waals surface area contributed by atoms with Crippen LogP contribution in [-0.4, -0.2) is 50.9 Å². The molecule has 0 heterocycles. The molecule has 25 heavy (non-hydrogen) atoms. The van der Waals surface area contributed by atoms with Gasteiger partial charge in [-0.05, 0) is 5.56 Å². The summed E-state index contributed by atoms with van der Waals surface area (Å²) in [6, 6.07) is 7.87. The molecule has 0 spiro atoms.